The Morgan fingerprint density at radius 2 is 2.64 bits per heavy atom. The fourth-order valence-electron chi connectivity index (χ4n) is 0.979. The summed E-state index contributed by atoms with van der Waals surface area (Å²) in [7, 11) is 0. The van der Waals surface area contributed by atoms with Crippen LogP contribution in [-0.4, -0.2) is 25.8 Å². The van der Waals surface area contributed by atoms with E-state index in [1.54, 1.807) is 6.08 Å². The molecule has 0 N–H and O–H groups in total. The lowest BCUT2D eigenvalue weighted by atomic mass is 10.1. The highest BCUT2D eigenvalue weighted by molar-refractivity contribution is 5.72. The van der Waals surface area contributed by atoms with Gasteiger partial charge < -0.3 is 9.47 Å². The zero-order valence-electron chi connectivity index (χ0n) is 6.41. The van der Waals surface area contributed by atoms with Crippen molar-refractivity contribution < 1.29 is 14.3 Å². The Kier molecular flexibility index (Phi) is 3.11. The van der Waals surface area contributed by atoms with Crippen LogP contribution in [0.3, 0.4) is 0 Å². The Morgan fingerprint density at radius 3 is 3.18 bits per heavy atom. The van der Waals surface area contributed by atoms with Gasteiger partial charge in [-0.05, 0) is 6.42 Å². The first kappa shape index (κ1) is 8.27. The fraction of sp³-hybridized carbons (Fsp3) is 0.625. The van der Waals surface area contributed by atoms with Gasteiger partial charge in [-0.3, -0.25) is 4.79 Å². The van der Waals surface area contributed by atoms with Crippen LogP contribution in [0.4, 0.5) is 0 Å². The maximum atomic E-state index is 11.1. The van der Waals surface area contributed by atoms with Gasteiger partial charge in [0.25, 0.3) is 0 Å². The summed E-state index contributed by atoms with van der Waals surface area (Å²) in [5.41, 5.74) is 0. The van der Waals surface area contributed by atoms with Gasteiger partial charge >= 0.3 is 5.97 Å². The van der Waals surface area contributed by atoms with E-state index in [-0.39, 0.29) is 11.9 Å². The molecule has 0 amide bonds. The van der Waals surface area contributed by atoms with E-state index in [2.05, 4.69) is 6.58 Å². The van der Waals surface area contributed by atoms with Crippen LogP contribution < -0.4 is 0 Å². The van der Waals surface area contributed by atoms with E-state index in [1.165, 1.54) is 0 Å². The van der Waals surface area contributed by atoms with Gasteiger partial charge in [0.15, 0.2) is 0 Å². The Morgan fingerprint density at radius 1 is 1.82 bits per heavy atom. The van der Waals surface area contributed by atoms with Crippen LogP contribution in [0, 0.1) is 5.92 Å². The van der Waals surface area contributed by atoms with Crippen molar-refractivity contribution in [3.63, 3.8) is 0 Å². The van der Waals surface area contributed by atoms with Gasteiger partial charge in [-0.15, -0.1) is 0 Å². The summed E-state index contributed by atoms with van der Waals surface area (Å²) in [6, 6.07) is 0. The number of hydrogen-bond acceptors (Lipinski definition) is 3. The SMILES string of the molecule is C=CCOC(=O)C1CCOC1. The first-order valence-corrected chi connectivity index (χ1v) is 3.70. The third-order valence-electron chi connectivity index (χ3n) is 1.61. The smallest absolute Gasteiger partial charge is 0.311 e. The summed E-state index contributed by atoms with van der Waals surface area (Å²) < 4.78 is 9.87. The Bertz CT molecular complexity index is 147. The molecule has 3 nitrogen and oxygen atoms in total. The molecule has 0 saturated carbocycles. The molecule has 11 heavy (non-hydrogen) atoms. The van der Waals surface area contributed by atoms with Gasteiger partial charge in [0.2, 0.25) is 0 Å². The minimum Gasteiger partial charge on any atom is -0.461 e. The summed E-state index contributed by atoms with van der Waals surface area (Å²) in [6.07, 6.45) is 2.35. The molecule has 1 saturated heterocycles. The quantitative estimate of drug-likeness (QED) is 0.447. The normalized spacial score (nSPS) is 23.1. The molecule has 62 valence electrons. The fourth-order valence-corrected chi connectivity index (χ4v) is 0.979. The summed E-state index contributed by atoms with van der Waals surface area (Å²) >= 11 is 0. The summed E-state index contributed by atoms with van der Waals surface area (Å²) in [4.78, 5) is 11.1. The molecular formula is C8H12O3. The number of carbonyl (C=O) groups is 1. The van der Waals surface area contributed by atoms with Crippen molar-refractivity contribution >= 4 is 5.97 Å². The average molecular weight is 156 g/mol. The van der Waals surface area contributed by atoms with Crippen LogP contribution in [0.2, 0.25) is 0 Å². The largest absolute Gasteiger partial charge is 0.461 e. The topological polar surface area (TPSA) is 35.5 Å². The van der Waals surface area contributed by atoms with E-state index in [1.807, 2.05) is 0 Å². The maximum Gasteiger partial charge on any atom is 0.311 e. The molecule has 0 radical (unpaired) electrons. The third-order valence-corrected chi connectivity index (χ3v) is 1.61. The molecule has 3 heteroatoms. The Hall–Kier alpha value is -0.830. The molecule has 1 atom stereocenters. The lowest BCUT2D eigenvalue weighted by Crippen LogP contribution is -2.17. The van der Waals surface area contributed by atoms with E-state index in [9.17, 15) is 4.79 Å². The standard InChI is InChI=1S/C8H12O3/c1-2-4-11-8(9)7-3-5-10-6-7/h2,7H,1,3-6H2. The Balaban J connectivity index is 2.22. The van der Waals surface area contributed by atoms with Gasteiger partial charge in [0.05, 0.1) is 12.5 Å². The molecular weight excluding hydrogens is 144 g/mol. The van der Waals surface area contributed by atoms with Gasteiger partial charge in [-0.1, -0.05) is 12.7 Å². The zero-order chi connectivity index (χ0) is 8.10. The number of ether oxygens (including phenoxy) is 2. The molecule has 0 aliphatic carbocycles. The molecule has 1 fully saturated rings. The predicted molar refractivity (Wildman–Crippen MR) is 40.1 cm³/mol. The predicted octanol–water partition coefficient (Wildman–Crippen LogP) is 0.752. The van der Waals surface area contributed by atoms with Crippen molar-refractivity contribution in [2.24, 2.45) is 5.92 Å². The van der Waals surface area contributed by atoms with Crippen molar-refractivity contribution in [1.29, 1.82) is 0 Å². The van der Waals surface area contributed by atoms with E-state index in [4.69, 9.17) is 9.47 Å². The molecule has 0 spiro atoms. The van der Waals surface area contributed by atoms with Crippen LogP contribution in [-0.2, 0) is 14.3 Å². The number of hydrogen-bond donors (Lipinski definition) is 0. The minimum atomic E-state index is -0.164. The molecule has 1 heterocycles. The molecule has 0 aromatic carbocycles. The van der Waals surface area contributed by atoms with Crippen LogP contribution in [0.5, 0.6) is 0 Å². The van der Waals surface area contributed by atoms with Crippen LogP contribution in [0.1, 0.15) is 6.42 Å². The zero-order valence-corrected chi connectivity index (χ0v) is 6.41. The molecule has 1 unspecified atom stereocenters. The summed E-state index contributed by atoms with van der Waals surface area (Å²) in [5, 5.41) is 0. The second-order valence-corrected chi connectivity index (χ2v) is 2.48. The number of carbonyl (C=O) groups excluding carboxylic acids is 1. The van der Waals surface area contributed by atoms with Crippen LogP contribution in [0.25, 0.3) is 0 Å². The number of rotatable bonds is 3. The number of esters is 1. The first-order valence-electron chi connectivity index (χ1n) is 3.70. The van der Waals surface area contributed by atoms with Crippen LogP contribution >= 0.6 is 0 Å². The van der Waals surface area contributed by atoms with Crippen molar-refractivity contribution in [3.05, 3.63) is 12.7 Å². The summed E-state index contributed by atoms with van der Waals surface area (Å²) in [5.74, 6) is -0.211. The van der Waals surface area contributed by atoms with E-state index >= 15 is 0 Å². The van der Waals surface area contributed by atoms with E-state index in [0.29, 0.717) is 19.8 Å². The highest BCUT2D eigenvalue weighted by Gasteiger charge is 2.24. The molecule has 0 aromatic rings. The van der Waals surface area contributed by atoms with Crippen LogP contribution in [0.15, 0.2) is 12.7 Å². The molecule has 1 rings (SSSR count). The van der Waals surface area contributed by atoms with E-state index in [0.717, 1.165) is 6.42 Å². The monoisotopic (exact) mass is 156 g/mol. The molecule has 0 aromatic heterocycles. The van der Waals surface area contributed by atoms with Crippen molar-refractivity contribution in [2.75, 3.05) is 19.8 Å². The third kappa shape index (κ3) is 2.35. The molecule has 1 aliphatic rings. The van der Waals surface area contributed by atoms with Gasteiger partial charge in [-0.2, -0.15) is 0 Å². The highest BCUT2D eigenvalue weighted by Crippen LogP contribution is 2.13. The van der Waals surface area contributed by atoms with Gasteiger partial charge in [0, 0.05) is 6.61 Å². The molecule has 1 aliphatic heterocycles. The van der Waals surface area contributed by atoms with Crippen molar-refractivity contribution in [3.8, 4) is 0 Å². The molecule has 0 bridgehead atoms. The first-order chi connectivity index (χ1) is 5.34. The Labute approximate surface area is 66.0 Å². The lowest BCUT2D eigenvalue weighted by Gasteiger charge is -2.05. The van der Waals surface area contributed by atoms with Gasteiger partial charge in [-0.25, -0.2) is 0 Å². The average Bonchev–Trinajstić information content (AvgIpc) is 2.52. The van der Waals surface area contributed by atoms with E-state index < -0.39 is 0 Å². The maximum absolute atomic E-state index is 11.1. The minimum absolute atomic E-state index is 0.0463. The lowest BCUT2D eigenvalue weighted by molar-refractivity contribution is -0.147. The highest BCUT2D eigenvalue weighted by atomic mass is 16.5. The second kappa shape index (κ2) is 4.13. The summed E-state index contributed by atoms with van der Waals surface area (Å²) in [6.45, 7) is 4.94. The van der Waals surface area contributed by atoms with Crippen molar-refractivity contribution in [2.45, 2.75) is 6.42 Å². The second-order valence-electron chi connectivity index (χ2n) is 2.48. The van der Waals surface area contributed by atoms with Crippen molar-refractivity contribution in [1.82, 2.24) is 0 Å². The van der Waals surface area contributed by atoms with Gasteiger partial charge in [0.1, 0.15) is 6.61 Å².